The van der Waals surface area contributed by atoms with Crippen LogP contribution in [0.5, 0.6) is 0 Å². The molecule has 0 spiro atoms. The SMILES string of the molecule is COC(=O)C1=C(C)N(C[C@H]2CCCO2)C(=O)/C1=C\c1cccc(F)c1. The van der Waals surface area contributed by atoms with Crippen molar-refractivity contribution in [3.05, 3.63) is 52.5 Å². The predicted octanol–water partition coefficient (Wildman–Crippen LogP) is 2.68. The average Bonchev–Trinajstić information content (AvgIpc) is 3.18. The number of esters is 1. The predicted molar refractivity (Wildman–Crippen MR) is 89.8 cm³/mol. The van der Waals surface area contributed by atoms with E-state index in [1.807, 2.05) is 0 Å². The van der Waals surface area contributed by atoms with Crippen molar-refractivity contribution in [3.63, 3.8) is 0 Å². The second kappa shape index (κ2) is 7.19. The summed E-state index contributed by atoms with van der Waals surface area (Å²) in [7, 11) is 1.27. The molecule has 0 radical (unpaired) electrons. The van der Waals surface area contributed by atoms with Crippen LogP contribution in [-0.4, -0.2) is 43.1 Å². The Morgan fingerprint density at radius 3 is 2.92 bits per heavy atom. The zero-order chi connectivity index (χ0) is 18.0. The number of hydrogen-bond donors (Lipinski definition) is 0. The van der Waals surface area contributed by atoms with E-state index < -0.39 is 11.8 Å². The van der Waals surface area contributed by atoms with Crippen LogP contribution in [0, 0.1) is 5.82 Å². The van der Waals surface area contributed by atoms with Gasteiger partial charge in [-0.05, 0) is 43.5 Å². The molecule has 1 amide bonds. The molecule has 2 aliphatic heterocycles. The van der Waals surface area contributed by atoms with Crippen LogP contribution < -0.4 is 0 Å². The molecule has 0 bridgehead atoms. The van der Waals surface area contributed by atoms with Crippen LogP contribution in [0.2, 0.25) is 0 Å². The number of allylic oxidation sites excluding steroid dienone is 1. The fourth-order valence-corrected chi connectivity index (χ4v) is 3.20. The molecule has 1 fully saturated rings. The monoisotopic (exact) mass is 345 g/mol. The lowest BCUT2D eigenvalue weighted by Crippen LogP contribution is -2.33. The summed E-state index contributed by atoms with van der Waals surface area (Å²) in [5.74, 6) is -1.28. The Morgan fingerprint density at radius 1 is 1.48 bits per heavy atom. The lowest BCUT2D eigenvalue weighted by molar-refractivity contribution is -0.136. The third kappa shape index (κ3) is 3.49. The van der Waals surface area contributed by atoms with E-state index in [0.29, 0.717) is 24.4 Å². The first kappa shape index (κ1) is 17.4. The molecule has 0 unspecified atom stereocenters. The molecule has 2 aliphatic rings. The quantitative estimate of drug-likeness (QED) is 0.622. The topological polar surface area (TPSA) is 55.8 Å². The van der Waals surface area contributed by atoms with Crippen molar-refractivity contribution in [1.82, 2.24) is 4.90 Å². The number of carbonyl (C=O) groups is 2. The summed E-state index contributed by atoms with van der Waals surface area (Å²) < 4.78 is 23.9. The molecule has 1 saturated heterocycles. The summed E-state index contributed by atoms with van der Waals surface area (Å²) in [5, 5.41) is 0. The van der Waals surface area contributed by atoms with Crippen molar-refractivity contribution in [2.24, 2.45) is 0 Å². The summed E-state index contributed by atoms with van der Waals surface area (Å²) in [5.41, 5.74) is 1.48. The van der Waals surface area contributed by atoms with Gasteiger partial charge in [0.15, 0.2) is 0 Å². The minimum atomic E-state index is -0.580. The Balaban J connectivity index is 1.98. The van der Waals surface area contributed by atoms with Gasteiger partial charge in [0.1, 0.15) is 5.82 Å². The van der Waals surface area contributed by atoms with Gasteiger partial charge in [0.2, 0.25) is 0 Å². The van der Waals surface area contributed by atoms with Gasteiger partial charge >= 0.3 is 5.97 Å². The van der Waals surface area contributed by atoms with E-state index >= 15 is 0 Å². The van der Waals surface area contributed by atoms with Crippen molar-refractivity contribution in [3.8, 4) is 0 Å². The van der Waals surface area contributed by atoms with Gasteiger partial charge in [-0.3, -0.25) is 4.79 Å². The molecule has 0 N–H and O–H groups in total. The van der Waals surface area contributed by atoms with Crippen molar-refractivity contribution in [2.75, 3.05) is 20.3 Å². The molecule has 6 heteroatoms. The minimum Gasteiger partial charge on any atom is -0.465 e. The molecule has 1 aromatic rings. The van der Waals surface area contributed by atoms with Gasteiger partial charge in [0.05, 0.1) is 30.9 Å². The lowest BCUT2D eigenvalue weighted by atomic mass is 10.0. The molecule has 0 aromatic heterocycles. The molecule has 0 aliphatic carbocycles. The van der Waals surface area contributed by atoms with Gasteiger partial charge in [-0.15, -0.1) is 0 Å². The summed E-state index contributed by atoms with van der Waals surface area (Å²) >= 11 is 0. The Bertz CT molecular complexity index is 762. The van der Waals surface area contributed by atoms with E-state index in [4.69, 9.17) is 9.47 Å². The molecule has 5 nitrogen and oxygen atoms in total. The summed E-state index contributed by atoms with van der Waals surface area (Å²) in [6.07, 6.45) is 3.33. The third-order valence-corrected chi connectivity index (χ3v) is 4.47. The average molecular weight is 345 g/mol. The number of nitrogens with zero attached hydrogens (tertiary/aromatic N) is 1. The fourth-order valence-electron chi connectivity index (χ4n) is 3.20. The standard InChI is InChI=1S/C19H20FNO4/c1-12-17(19(23)24-2)16(10-13-5-3-6-14(20)9-13)18(22)21(12)11-15-7-4-8-25-15/h3,5-6,9-10,15H,4,7-8,11H2,1-2H3/b16-10-/t15-/m1/s1. The summed E-state index contributed by atoms with van der Waals surface area (Å²) in [4.78, 5) is 26.6. The van der Waals surface area contributed by atoms with E-state index in [9.17, 15) is 14.0 Å². The van der Waals surface area contributed by atoms with Crippen LogP contribution in [0.15, 0.2) is 41.1 Å². The second-order valence-electron chi connectivity index (χ2n) is 6.12. The first-order valence-electron chi connectivity index (χ1n) is 8.21. The van der Waals surface area contributed by atoms with Gasteiger partial charge in [0.25, 0.3) is 5.91 Å². The highest BCUT2D eigenvalue weighted by Crippen LogP contribution is 2.32. The molecule has 25 heavy (non-hydrogen) atoms. The van der Waals surface area contributed by atoms with Crippen molar-refractivity contribution in [2.45, 2.75) is 25.9 Å². The molecule has 132 valence electrons. The highest BCUT2D eigenvalue weighted by Gasteiger charge is 2.38. The molecule has 1 aromatic carbocycles. The van der Waals surface area contributed by atoms with Crippen molar-refractivity contribution in [1.29, 1.82) is 0 Å². The maximum atomic E-state index is 13.4. The van der Waals surface area contributed by atoms with Crippen LogP contribution >= 0.6 is 0 Å². The third-order valence-electron chi connectivity index (χ3n) is 4.47. The highest BCUT2D eigenvalue weighted by atomic mass is 19.1. The largest absolute Gasteiger partial charge is 0.465 e. The van der Waals surface area contributed by atoms with Crippen LogP contribution in [-0.2, 0) is 19.1 Å². The number of halogens is 1. The van der Waals surface area contributed by atoms with Crippen LogP contribution in [0.1, 0.15) is 25.3 Å². The number of rotatable bonds is 4. The molecule has 0 saturated carbocycles. The number of amides is 1. The fraction of sp³-hybridized carbons (Fsp3) is 0.368. The van der Waals surface area contributed by atoms with E-state index in [2.05, 4.69) is 0 Å². The molecule has 2 heterocycles. The van der Waals surface area contributed by atoms with Crippen molar-refractivity contribution < 1.29 is 23.5 Å². The Hall–Kier alpha value is -2.47. The number of methoxy groups -OCH3 is 1. The van der Waals surface area contributed by atoms with Crippen LogP contribution in [0.25, 0.3) is 6.08 Å². The van der Waals surface area contributed by atoms with E-state index in [-0.39, 0.29) is 23.2 Å². The first-order valence-corrected chi connectivity index (χ1v) is 8.21. The lowest BCUT2D eigenvalue weighted by Gasteiger charge is -2.21. The maximum Gasteiger partial charge on any atom is 0.340 e. The van der Waals surface area contributed by atoms with Crippen molar-refractivity contribution >= 4 is 18.0 Å². The van der Waals surface area contributed by atoms with Gasteiger partial charge in [-0.1, -0.05) is 12.1 Å². The van der Waals surface area contributed by atoms with Gasteiger partial charge in [-0.25, -0.2) is 9.18 Å². The van der Waals surface area contributed by atoms with Crippen LogP contribution in [0.4, 0.5) is 4.39 Å². The number of ether oxygens (including phenoxy) is 2. The zero-order valence-electron chi connectivity index (χ0n) is 14.3. The maximum absolute atomic E-state index is 13.4. The summed E-state index contributed by atoms with van der Waals surface area (Å²) in [6, 6.07) is 5.87. The number of benzene rings is 1. The second-order valence-corrected chi connectivity index (χ2v) is 6.12. The normalized spacial score (nSPS) is 22.2. The molecule has 1 atom stereocenters. The van der Waals surface area contributed by atoms with Gasteiger partial charge in [-0.2, -0.15) is 0 Å². The Kier molecular flexibility index (Phi) is 4.99. The number of carbonyl (C=O) groups excluding carboxylic acids is 2. The smallest absolute Gasteiger partial charge is 0.340 e. The minimum absolute atomic E-state index is 0.0358. The first-order chi connectivity index (χ1) is 12.0. The molecular weight excluding hydrogens is 325 g/mol. The van der Waals surface area contributed by atoms with E-state index in [0.717, 1.165) is 12.8 Å². The number of hydrogen-bond acceptors (Lipinski definition) is 4. The highest BCUT2D eigenvalue weighted by molar-refractivity contribution is 6.16. The van der Waals surface area contributed by atoms with E-state index in [1.54, 1.807) is 24.0 Å². The Labute approximate surface area is 145 Å². The van der Waals surface area contributed by atoms with Gasteiger partial charge in [0, 0.05) is 12.3 Å². The zero-order valence-corrected chi connectivity index (χ0v) is 14.3. The van der Waals surface area contributed by atoms with Crippen LogP contribution in [0.3, 0.4) is 0 Å². The summed E-state index contributed by atoms with van der Waals surface area (Å²) in [6.45, 7) is 2.79. The van der Waals surface area contributed by atoms with Gasteiger partial charge < -0.3 is 14.4 Å². The van der Waals surface area contributed by atoms with E-state index in [1.165, 1.54) is 25.3 Å². The Morgan fingerprint density at radius 2 is 2.28 bits per heavy atom. The molecular formula is C19H20FNO4. The molecule has 3 rings (SSSR count).